The van der Waals surface area contributed by atoms with Crippen molar-refractivity contribution in [2.24, 2.45) is 0 Å². The molecular formula is C54H33N5O. The Bertz CT molecular complexity index is 3520. The molecule has 0 aliphatic rings. The number of rotatable bonds is 6. The Balaban J connectivity index is 0.974. The molecule has 12 aromatic rings. The second-order valence-electron chi connectivity index (χ2n) is 15.0. The second kappa shape index (κ2) is 13.7. The summed E-state index contributed by atoms with van der Waals surface area (Å²) in [4.78, 5) is 20.1. The largest absolute Gasteiger partial charge is 0.453 e. The van der Waals surface area contributed by atoms with Gasteiger partial charge < -0.3 is 8.98 Å². The van der Waals surface area contributed by atoms with Crippen molar-refractivity contribution in [3.8, 4) is 62.2 Å². The zero-order valence-corrected chi connectivity index (χ0v) is 32.2. The number of fused-ring (bicyclic) bond motifs is 8. The summed E-state index contributed by atoms with van der Waals surface area (Å²) in [5.74, 6) is 1.92. The van der Waals surface area contributed by atoms with Gasteiger partial charge in [-0.15, -0.1) is 0 Å². The standard InChI is InChI=1S/C54H33N5O/c1-3-14-37(15-4-1)52-56-53(38-16-5-2-6-17-38)58-54(57-52)39-26-23-35(24-27-39)36-29-31-42(32-30-36)59-46-22-12-10-20-44(46)51-49(59)47-48(41-28-25-34-13-7-8-18-40(34)33-41)55-45-21-11-9-19-43(45)50(47)60-51/h1-33H. The minimum Gasteiger partial charge on any atom is -0.453 e. The Kier molecular flexibility index (Phi) is 7.74. The molecule has 60 heavy (non-hydrogen) atoms. The number of benzene rings is 8. The Morgan fingerprint density at radius 1 is 0.367 bits per heavy atom. The van der Waals surface area contributed by atoms with Gasteiger partial charge in [0.2, 0.25) is 0 Å². The summed E-state index contributed by atoms with van der Waals surface area (Å²) in [6, 6.07) is 69.2. The van der Waals surface area contributed by atoms with Crippen LogP contribution in [0.3, 0.4) is 0 Å². The van der Waals surface area contributed by atoms with Crippen LogP contribution >= 0.6 is 0 Å². The van der Waals surface area contributed by atoms with Crippen molar-refractivity contribution in [2.75, 3.05) is 0 Å². The first-order valence-corrected chi connectivity index (χ1v) is 20.1. The highest BCUT2D eigenvalue weighted by atomic mass is 16.3. The molecule has 0 aliphatic heterocycles. The summed E-state index contributed by atoms with van der Waals surface area (Å²) in [6.07, 6.45) is 0. The van der Waals surface area contributed by atoms with Crippen LogP contribution in [-0.4, -0.2) is 24.5 Å². The molecule has 0 atom stereocenters. The quantitative estimate of drug-likeness (QED) is 0.168. The average Bonchev–Trinajstić information content (AvgIpc) is 3.87. The molecule has 0 radical (unpaired) electrons. The van der Waals surface area contributed by atoms with Gasteiger partial charge in [-0.25, -0.2) is 19.9 Å². The SMILES string of the molecule is c1ccc(-c2nc(-c3ccccc3)nc(-c3ccc(-c4ccc(-n5c6ccccc6c6oc7c8ccccc8nc(-c8ccc9ccccc9c8)c7c65)cc4)cc3)n2)cc1. The summed E-state index contributed by atoms with van der Waals surface area (Å²) < 4.78 is 9.29. The highest BCUT2D eigenvalue weighted by Crippen LogP contribution is 2.45. The van der Waals surface area contributed by atoms with E-state index < -0.39 is 0 Å². The maximum absolute atomic E-state index is 6.96. The molecule has 0 aliphatic carbocycles. The fourth-order valence-electron chi connectivity index (χ4n) is 8.51. The van der Waals surface area contributed by atoms with Crippen LogP contribution in [0.15, 0.2) is 205 Å². The number of furan rings is 1. The van der Waals surface area contributed by atoms with Gasteiger partial charge in [0.15, 0.2) is 23.1 Å². The average molecular weight is 768 g/mol. The molecule has 8 aromatic carbocycles. The highest BCUT2D eigenvalue weighted by Gasteiger charge is 2.25. The predicted octanol–water partition coefficient (Wildman–Crippen LogP) is 13.8. The lowest BCUT2D eigenvalue weighted by Gasteiger charge is -2.12. The molecule has 4 heterocycles. The summed E-state index contributed by atoms with van der Waals surface area (Å²) in [5, 5.41) is 5.41. The van der Waals surface area contributed by atoms with Crippen molar-refractivity contribution >= 4 is 54.6 Å². The molecule has 280 valence electrons. The van der Waals surface area contributed by atoms with Crippen LogP contribution in [0, 0.1) is 0 Å². The van der Waals surface area contributed by atoms with E-state index in [0.717, 1.165) is 88.6 Å². The van der Waals surface area contributed by atoms with E-state index in [2.05, 4.69) is 138 Å². The first-order valence-electron chi connectivity index (χ1n) is 20.1. The number of hydrogen-bond donors (Lipinski definition) is 0. The van der Waals surface area contributed by atoms with Gasteiger partial charge in [0.1, 0.15) is 11.1 Å². The van der Waals surface area contributed by atoms with Gasteiger partial charge in [-0.1, -0.05) is 158 Å². The lowest BCUT2D eigenvalue weighted by Crippen LogP contribution is -2.00. The van der Waals surface area contributed by atoms with E-state index in [4.69, 9.17) is 24.4 Å². The minimum atomic E-state index is 0.630. The van der Waals surface area contributed by atoms with E-state index in [1.165, 1.54) is 10.8 Å². The molecule has 0 amide bonds. The third-order valence-electron chi connectivity index (χ3n) is 11.4. The van der Waals surface area contributed by atoms with Crippen molar-refractivity contribution in [1.29, 1.82) is 0 Å². The second-order valence-corrected chi connectivity index (χ2v) is 15.0. The van der Waals surface area contributed by atoms with E-state index in [0.29, 0.717) is 17.5 Å². The van der Waals surface area contributed by atoms with Crippen LogP contribution in [0.2, 0.25) is 0 Å². The van der Waals surface area contributed by atoms with Crippen molar-refractivity contribution in [2.45, 2.75) is 0 Å². The molecule has 0 fully saturated rings. The first-order chi connectivity index (χ1) is 29.7. The van der Waals surface area contributed by atoms with E-state index >= 15 is 0 Å². The minimum absolute atomic E-state index is 0.630. The smallest absolute Gasteiger partial charge is 0.164 e. The van der Waals surface area contributed by atoms with Gasteiger partial charge in [0.05, 0.1) is 22.1 Å². The fourth-order valence-corrected chi connectivity index (χ4v) is 8.51. The van der Waals surface area contributed by atoms with E-state index in [1.807, 2.05) is 66.7 Å². The Morgan fingerprint density at radius 3 is 1.57 bits per heavy atom. The van der Waals surface area contributed by atoms with Gasteiger partial charge in [-0.2, -0.15) is 0 Å². The van der Waals surface area contributed by atoms with Crippen LogP contribution in [0.1, 0.15) is 0 Å². The van der Waals surface area contributed by atoms with Crippen molar-refractivity contribution in [1.82, 2.24) is 24.5 Å². The van der Waals surface area contributed by atoms with Gasteiger partial charge in [-0.3, -0.25) is 0 Å². The Labute approximate surface area is 344 Å². The van der Waals surface area contributed by atoms with E-state index in [9.17, 15) is 0 Å². The Hall–Kier alpha value is -8.22. The van der Waals surface area contributed by atoms with Crippen molar-refractivity contribution < 1.29 is 4.42 Å². The zero-order chi connectivity index (χ0) is 39.6. The summed E-state index contributed by atoms with van der Waals surface area (Å²) in [5.41, 5.74) is 12.7. The number of nitrogens with zero attached hydrogens (tertiary/aromatic N) is 5. The number of pyridine rings is 1. The van der Waals surface area contributed by atoms with Crippen LogP contribution in [-0.2, 0) is 0 Å². The normalized spacial score (nSPS) is 11.7. The molecule has 0 saturated carbocycles. The van der Waals surface area contributed by atoms with Gasteiger partial charge in [-0.05, 0) is 64.4 Å². The first kappa shape index (κ1) is 33.9. The third-order valence-corrected chi connectivity index (χ3v) is 11.4. The van der Waals surface area contributed by atoms with Crippen LogP contribution in [0.4, 0.5) is 0 Å². The van der Waals surface area contributed by atoms with Crippen molar-refractivity contribution in [3.05, 3.63) is 200 Å². The van der Waals surface area contributed by atoms with Crippen LogP contribution in [0.5, 0.6) is 0 Å². The molecule has 0 bridgehead atoms. The molecular weight excluding hydrogens is 735 g/mol. The number of hydrogen-bond acceptors (Lipinski definition) is 5. The van der Waals surface area contributed by atoms with Crippen LogP contribution in [0.25, 0.3) is 117 Å². The summed E-state index contributed by atoms with van der Waals surface area (Å²) >= 11 is 0. The maximum atomic E-state index is 6.96. The highest BCUT2D eigenvalue weighted by molar-refractivity contribution is 6.24. The van der Waals surface area contributed by atoms with E-state index in [-0.39, 0.29) is 0 Å². The molecule has 6 nitrogen and oxygen atoms in total. The number of aromatic nitrogens is 5. The maximum Gasteiger partial charge on any atom is 0.164 e. The number of para-hydroxylation sites is 2. The lowest BCUT2D eigenvalue weighted by atomic mass is 10.0. The predicted molar refractivity (Wildman–Crippen MR) is 244 cm³/mol. The van der Waals surface area contributed by atoms with Gasteiger partial charge in [0.25, 0.3) is 0 Å². The topological polar surface area (TPSA) is 69.6 Å². The van der Waals surface area contributed by atoms with Gasteiger partial charge >= 0.3 is 0 Å². The molecule has 4 aromatic heterocycles. The van der Waals surface area contributed by atoms with Gasteiger partial charge in [0, 0.05) is 38.7 Å². The van der Waals surface area contributed by atoms with Crippen LogP contribution < -0.4 is 0 Å². The third kappa shape index (κ3) is 5.57. The van der Waals surface area contributed by atoms with Crippen molar-refractivity contribution in [3.63, 3.8) is 0 Å². The lowest BCUT2D eigenvalue weighted by molar-refractivity contribution is 0.676. The fraction of sp³-hybridized carbons (Fsp3) is 0. The summed E-state index contributed by atoms with van der Waals surface area (Å²) in [7, 11) is 0. The van der Waals surface area contributed by atoms with E-state index in [1.54, 1.807) is 0 Å². The molecule has 0 spiro atoms. The molecule has 0 N–H and O–H groups in total. The molecule has 6 heteroatoms. The zero-order valence-electron chi connectivity index (χ0n) is 32.2. The molecule has 12 rings (SSSR count). The monoisotopic (exact) mass is 767 g/mol. The Morgan fingerprint density at radius 2 is 0.883 bits per heavy atom. The molecule has 0 saturated heterocycles. The summed E-state index contributed by atoms with van der Waals surface area (Å²) in [6.45, 7) is 0. The molecule has 0 unspecified atom stereocenters.